The molecule has 1 amide bonds. The summed E-state index contributed by atoms with van der Waals surface area (Å²) in [5.74, 6) is -0.347. The normalized spacial score (nSPS) is 11.0. The average molecular weight is 462 g/mol. The largest absolute Gasteiger partial charge is 0.322 e. The third-order valence-corrected chi connectivity index (χ3v) is 5.66. The molecule has 0 radical (unpaired) electrons. The Balaban J connectivity index is 1.75. The highest BCUT2D eigenvalue weighted by molar-refractivity contribution is 7.74. The van der Waals surface area contributed by atoms with E-state index < -0.39 is 16.8 Å². The van der Waals surface area contributed by atoms with Gasteiger partial charge >= 0.3 is 0 Å². The van der Waals surface area contributed by atoms with Crippen molar-refractivity contribution in [1.82, 2.24) is 14.6 Å². The first-order valence-corrected chi connectivity index (χ1v) is 10.4. The zero-order chi connectivity index (χ0) is 21.3. The third kappa shape index (κ3) is 3.95. The topological polar surface area (TPSA) is 96.7 Å². The van der Waals surface area contributed by atoms with E-state index in [0.717, 1.165) is 4.31 Å². The highest BCUT2D eigenvalue weighted by Crippen LogP contribution is 2.31. The van der Waals surface area contributed by atoms with Gasteiger partial charge in [-0.25, -0.2) is 22.2 Å². The Hall–Kier alpha value is -3.14. The van der Waals surface area contributed by atoms with E-state index in [1.54, 1.807) is 24.3 Å². The number of aromatic nitrogens is 3. The van der Waals surface area contributed by atoms with Crippen LogP contribution >= 0.6 is 23.2 Å². The lowest BCUT2D eigenvalue weighted by atomic mass is 10.2. The second-order valence-electron chi connectivity index (χ2n) is 6.08. The minimum Gasteiger partial charge on any atom is -0.322 e. The Kier molecular flexibility index (Phi) is 5.58. The van der Waals surface area contributed by atoms with Crippen molar-refractivity contribution in [3.05, 3.63) is 82.6 Å². The van der Waals surface area contributed by atoms with E-state index in [2.05, 4.69) is 15.4 Å². The number of hydrogen-bond acceptors (Lipinski definition) is 5. The second kappa shape index (κ2) is 8.31. The highest BCUT2D eigenvalue weighted by Gasteiger charge is 2.19. The summed E-state index contributed by atoms with van der Waals surface area (Å²) < 4.78 is 26.3. The van der Waals surface area contributed by atoms with Crippen molar-refractivity contribution in [3.8, 4) is 0 Å². The maximum atomic E-state index is 12.7. The van der Waals surface area contributed by atoms with Crippen molar-refractivity contribution >= 4 is 62.8 Å². The molecule has 0 atom stereocenters. The van der Waals surface area contributed by atoms with Gasteiger partial charge in [0.25, 0.3) is 5.91 Å². The first kappa shape index (κ1) is 20.1. The van der Waals surface area contributed by atoms with Crippen LogP contribution in [0, 0.1) is 0 Å². The van der Waals surface area contributed by atoms with E-state index in [1.165, 1.54) is 41.2 Å². The number of carbonyl (C=O) groups is 1. The van der Waals surface area contributed by atoms with Crippen LogP contribution in [0.15, 0.2) is 67.0 Å². The lowest BCUT2D eigenvalue weighted by molar-refractivity contribution is 0.102. The zero-order valence-corrected chi connectivity index (χ0v) is 17.5. The van der Waals surface area contributed by atoms with Crippen molar-refractivity contribution < 1.29 is 13.2 Å². The van der Waals surface area contributed by atoms with Crippen LogP contribution < -0.4 is 9.62 Å². The summed E-state index contributed by atoms with van der Waals surface area (Å²) >= 11 is 12.0. The second-order valence-corrected chi connectivity index (χ2v) is 7.77. The van der Waals surface area contributed by atoms with Crippen molar-refractivity contribution in [3.63, 3.8) is 0 Å². The molecule has 0 aliphatic rings. The molecule has 152 valence electrons. The fraction of sp³-hybridized carbons (Fsp3) is 0. The van der Waals surface area contributed by atoms with Gasteiger partial charge in [-0.15, -0.1) is 0 Å². The van der Waals surface area contributed by atoms with E-state index in [-0.39, 0.29) is 27.7 Å². The van der Waals surface area contributed by atoms with Crippen molar-refractivity contribution in [1.29, 1.82) is 0 Å². The van der Waals surface area contributed by atoms with Gasteiger partial charge in [0, 0.05) is 18.0 Å². The summed E-state index contributed by atoms with van der Waals surface area (Å²) in [6.07, 6.45) is 2.88. The first-order valence-electron chi connectivity index (χ1n) is 8.54. The fourth-order valence-corrected chi connectivity index (χ4v) is 3.67. The molecule has 0 unspecified atom stereocenters. The number of fused-ring (bicyclic) bond motifs is 1. The lowest BCUT2D eigenvalue weighted by Crippen LogP contribution is -2.17. The van der Waals surface area contributed by atoms with Crippen molar-refractivity contribution in [2.45, 2.75) is 0 Å². The van der Waals surface area contributed by atoms with Gasteiger partial charge in [-0.1, -0.05) is 41.4 Å². The number of thiol groups is 1. The highest BCUT2D eigenvalue weighted by atomic mass is 35.5. The fourth-order valence-electron chi connectivity index (χ4n) is 2.78. The van der Waals surface area contributed by atoms with E-state index in [0.29, 0.717) is 10.7 Å². The number of benzene rings is 2. The van der Waals surface area contributed by atoms with Gasteiger partial charge in [-0.05, 0) is 30.3 Å². The van der Waals surface area contributed by atoms with E-state index >= 15 is 0 Å². The lowest BCUT2D eigenvalue weighted by Gasteiger charge is -2.17. The minimum atomic E-state index is -3.11. The first-order chi connectivity index (χ1) is 14.4. The Morgan fingerprint density at radius 3 is 2.50 bits per heavy atom. The van der Waals surface area contributed by atoms with E-state index in [4.69, 9.17) is 23.2 Å². The van der Waals surface area contributed by atoms with Gasteiger partial charge in [0.05, 0.1) is 21.9 Å². The number of carbonyl (C=O) groups excluding carboxylic acids is 1. The zero-order valence-electron chi connectivity index (χ0n) is 15.1. The predicted molar refractivity (Wildman–Crippen MR) is 116 cm³/mol. The summed E-state index contributed by atoms with van der Waals surface area (Å²) in [6, 6.07) is 14.8. The number of para-hydroxylation sites is 1. The molecular formula is C19H13Cl2N5O3S. The molecule has 4 rings (SSSR count). The summed E-state index contributed by atoms with van der Waals surface area (Å²) in [6.45, 7) is 0. The molecule has 0 spiro atoms. The van der Waals surface area contributed by atoms with Crippen LogP contribution in [0.1, 0.15) is 10.4 Å². The summed E-state index contributed by atoms with van der Waals surface area (Å²) in [7, 11) is -3.11. The van der Waals surface area contributed by atoms with Gasteiger partial charge in [0.2, 0.25) is 10.9 Å². The number of amides is 1. The van der Waals surface area contributed by atoms with Gasteiger partial charge in [0.15, 0.2) is 11.5 Å². The maximum absolute atomic E-state index is 12.7. The molecule has 8 nitrogen and oxygen atoms in total. The van der Waals surface area contributed by atoms with Crippen LogP contribution in [0.4, 0.5) is 17.2 Å². The molecule has 0 fully saturated rings. The van der Waals surface area contributed by atoms with Crippen LogP contribution in [0.2, 0.25) is 10.0 Å². The average Bonchev–Trinajstić information content (AvgIpc) is 3.15. The van der Waals surface area contributed by atoms with Crippen molar-refractivity contribution in [2.24, 2.45) is 0 Å². The Morgan fingerprint density at radius 1 is 1.03 bits per heavy atom. The van der Waals surface area contributed by atoms with Gasteiger partial charge < -0.3 is 5.32 Å². The molecule has 2 aromatic heterocycles. The molecular weight excluding hydrogens is 449 g/mol. The standard InChI is InChI=1S/C19H13Cl2N5O3S/c20-15-7-6-13(10-16(15)21)26(30(28)29)17-8-9-25-18(24-17)14(11-22-25)19(27)23-12-4-2-1-3-5-12/h1-11,30H,(H,23,27). The monoisotopic (exact) mass is 461 g/mol. The molecule has 30 heavy (non-hydrogen) atoms. The van der Waals surface area contributed by atoms with E-state index in [9.17, 15) is 13.2 Å². The van der Waals surface area contributed by atoms with Crippen LogP contribution in [0.5, 0.6) is 0 Å². The molecule has 4 aromatic rings. The van der Waals surface area contributed by atoms with Crippen LogP contribution in [-0.2, 0) is 10.9 Å². The van der Waals surface area contributed by atoms with Gasteiger partial charge in [0.1, 0.15) is 5.56 Å². The summed E-state index contributed by atoms with van der Waals surface area (Å²) in [5.41, 5.74) is 1.25. The Morgan fingerprint density at radius 2 is 1.80 bits per heavy atom. The van der Waals surface area contributed by atoms with E-state index in [1.807, 2.05) is 6.07 Å². The van der Waals surface area contributed by atoms with Crippen LogP contribution in [0.25, 0.3) is 5.65 Å². The van der Waals surface area contributed by atoms with Crippen LogP contribution in [-0.4, -0.2) is 28.9 Å². The quantitative estimate of drug-likeness (QED) is 0.438. The van der Waals surface area contributed by atoms with Gasteiger partial charge in [-0.3, -0.25) is 4.79 Å². The molecule has 2 heterocycles. The summed E-state index contributed by atoms with van der Waals surface area (Å²) in [4.78, 5) is 17.0. The molecule has 11 heteroatoms. The maximum Gasteiger partial charge on any atom is 0.261 e. The molecule has 0 aliphatic heterocycles. The SMILES string of the molecule is O=C(Nc1ccccc1)c1cnn2ccc(N(c3ccc(Cl)c(Cl)c3)[SH](=O)=O)nc12. The number of hydrogen-bond donors (Lipinski definition) is 2. The number of nitrogens with zero attached hydrogens (tertiary/aromatic N) is 4. The third-order valence-electron chi connectivity index (χ3n) is 4.16. The summed E-state index contributed by atoms with van der Waals surface area (Å²) in [5, 5.41) is 7.36. The number of anilines is 3. The van der Waals surface area contributed by atoms with Gasteiger partial charge in [-0.2, -0.15) is 5.10 Å². The van der Waals surface area contributed by atoms with Crippen LogP contribution in [0.3, 0.4) is 0 Å². The molecule has 2 aromatic carbocycles. The Labute approximate surface area is 182 Å². The molecule has 0 bridgehead atoms. The molecule has 0 aliphatic carbocycles. The molecule has 0 saturated heterocycles. The predicted octanol–water partition coefficient (Wildman–Crippen LogP) is 3.95. The molecule has 0 saturated carbocycles. The number of halogens is 2. The Bertz CT molecular complexity index is 1320. The number of nitrogens with one attached hydrogen (secondary N) is 1. The minimum absolute atomic E-state index is 0.0752. The smallest absolute Gasteiger partial charge is 0.261 e. The van der Waals surface area contributed by atoms with Crippen molar-refractivity contribution in [2.75, 3.05) is 9.62 Å². The number of rotatable bonds is 5. The molecule has 1 N–H and O–H groups in total.